The number of anilines is 2. The second-order valence-electron chi connectivity index (χ2n) is 11.5. The number of nitriles is 1. The normalized spacial score (nSPS) is 20.0. The molecule has 2 aliphatic carbocycles. The molecule has 2 aromatic rings. The van der Waals surface area contributed by atoms with E-state index in [-0.39, 0.29) is 5.41 Å². The van der Waals surface area contributed by atoms with Crippen LogP contribution in [0.4, 0.5) is 24.5 Å². The van der Waals surface area contributed by atoms with E-state index < -0.39 is 24.0 Å². The summed E-state index contributed by atoms with van der Waals surface area (Å²) >= 11 is 6.71. The molecule has 0 unspecified atom stereocenters. The third-order valence-electron chi connectivity index (χ3n) is 8.48. The average molecular weight is 599 g/mol. The van der Waals surface area contributed by atoms with Crippen LogP contribution in [-0.2, 0) is 0 Å². The molecule has 8 nitrogen and oxygen atoms in total. The summed E-state index contributed by atoms with van der Waals surface area (Å²) in [6.07, 6.45) is 5.86. The number of aromatic nitrogens is 1. The first-order valence-corrected chi connectivity index (χ1v) is 14.3. The summed E-state index contributed by atoms with van der Waals surface area (Å²) in [5.41, 5.74) is 8.01. The third kappa shape index (κ3) is 5.65. The lowest BCUT2D eigenvalue weighted by Gasteiger charge is -2.38. The Morgan fingerprint density at radius 1 is 1.33 bits per heavy atom. The summed E-state index contributed by atoms with van der Waals surface area (Å²) in [6.45, 7) is 10.2. The summed E-state index contributed by atoms with van der Waals surface area (Å²) < 4.78 is 41.8. The highest BCUT2D eigenvalue weighted by atomic mass is 35.5. The Bertz CT molecular complexity index is 1540. The fourth-order valence-corrected chi connectivity index (χ4v) is 5.58. The molecule has 1 atom stereocenters. The van der Waals surface area contributed by atoms with Gasteiger partial charge in [0.15, 0.2) is 0 Å². The van der Waals surface area contributed by atoms with Crippen molar-refractivity contribution in [2.75, 3.05) is 17.2 Å². The van der Waals surface area contributed by atoms with Gasteiger partial charge < -0.3 is 16.1 Å². The summed E-state index contributed by atoms with van der Waals surface area (Å²) in [6, 6.07) is 5.03. The second kappa shape index (κ2) is 11.5. The van der Waals surface area contributed by atoms with Gasteiger partial charge >= 0.3 is 0 Å². The molecule has 0 spiro atoms. The Labute approximate surface area is 248 Å². The number of allylic oxidation sites excluding steroid dienone is 1. The maximum absolute atomic E-state index is 14.1. The molecule has 3 aliphatic rings. The molecule has 0 bridgehead atoms. The highest BCUT2D eigenvalue weighted by Crippen LogP contribution is 2.47. The molecule has 2 fully saturated rings. The SMILES string of the molecule is C=C(/C(C)=N\C(F)=C/C)[C@H](Nc1cc(Cl)c2ncc(C#N)c(NCC3(C)CCC3)c2c1)C1=CN(C2(C(F)F)CC2)NN1. The van der Waals surface area contributed by atoms with Crippen molar-refractivity contribution >= 4 is 39.6 Å². The van der Waals surface area contributed by atoms with Crippen molar-refractivity contribution in [1.82, 2.24) is 21.0 Å². The number of fused-ring (bicyclic) bond motifs is 1. The maximum atomic E-state index is 14.1. The lowest BCUT2D eigenvalue weighted by Crippen LogP contribution is -2.48. The molecule has 1 aliphatic heterocycles. The lowest BCUT2D eigenvalue weighted by atomic mass is 9.70. The second-order valence-corrected chi connectivity index (χ2v) is 11.9. The number of pyridine rings is 1. The molecule has 2 saturated carbocycles. The van der Waals surface area contributed by atoms with Crippen LogP contribution in [0.5, 0.6) is 0 Å². The number of nitrogens with zero attached hydrogens (tertiary/aromatic N) is 4. The van der Waals surface area contributed by atoms with E-state index in [1.54, 1.807) is 19.2 Å². The van der Waals surface area contributed by atoms with Crippen molar-refractivity contribution in [2.45, 2.75) is 70.9 Å². The van der Waals surface area contributed by atoms with Gasteiger partial charge in [-0.2, -0.15) is 9.65 Å². The Hall–Kier alpha value is -3.75. The van der Waals surface area contributed by atoms with Crippen molar-refractivity contribution in [1.29, 1.82) is 5.26 Å². The van der Waals surface area contributed by atoms with Gasteiger partial charge in [0.2, 0.25) is 5.95 Å². The molecule has 2 heterocycles. The van der Waals surface area contributed by atoms with Gasteiger partial charge in [0.25, 0.3) is 6.43 Å². The van der Waals surface area contributed by atoms with Crippen LogP contribution in [0.3, 0.4) is 0 Å². The van der Waals surface area contributed by atoms with Crippen LogP contribution < -0.4 is 21.6 Å². The molecular formula is C30H34ClF3N8. The van der Waals surface area contributed by atoms with Gasteiger partial charge in [0.05, 0.1) is 33.5 Å². The fraction of sp³-hybridized carbons (Fsp3) is 0.433. The van der Waals surface area contributed by atoms with Gasteiger partial charge in [-0.3, -0.25) is 9.99 Å². The van der Waals surface area contributed by atoms with Crippen LogP contribution in [0, 0.1) is 16.7 Å². The van der Waals surface area contributed by atoms with Gasteiger partial charge in [0, 0.05) is 35.7 Å². The topological polar surface area (TPSA) is 100 Å². The van der Waals surface area contributed by atoms with E-state index in [0.29, 0.717) is 69.2 Å². The number of halogens is 4. The van der Waals surface area contributed by atoms with Gasteiger partial charge in [-0.25, -0.2) is 13.8 Å². The van der Waals surface area contributed by atoms with E-state index in [2.05, 4.69) is 51.1 Å². The minimum atomic E-state index is -2.54. The van der Waals surface area contributed by atoms with E-state index >= 15 is 0 Å². The maximum Gasteiger partial charge on any atom is 0.262 e. The molecular weight excluding hydrogens is 565 g/mol. The molecule has 1 aromatic heterocycles. The van der Waals surface area contributed by atoms with Crippen molar-refractivity contribution in [2.24, 2.45) is 10.4 Å². The number of hydrazine groups is 2. The largest absolute Gasteiger partial charge is 0.383 e. The predicted octanol–water partition coefficient (Wildman–Crippen LogP) is 6.95. The van der Waals surface area contributed by atoms with Crippen LogP contribution in [0.15, 0.2) is 59.4 Å². The van der Waals surface area contributed by atoms with Gasteiger partial charge in [-0.15, -0.1) is 5.53 Å². The fourth-order valence-electron chi connectivity index (χ4n) is 5.31. The number of alkyl halides is 2. The molecule has 222 valence electrons. The zero-order chi connectivity index (χ0) is 30.2. The van der Waals surface area contributed by atoms with E-state index in [0.717, 1.165) is 12.8 Å². The first-order valence-electron chi connectivity index (χ1n) is 13.9. The average Bonchev–Trinajstić information content (AvgIpc) is 3.63. The first kappa shape index (κ1) is 29.7. The smallest absolute Gasteiger partial charge is 0.262 e. The molecule has 0 radical (unpaired) electrons. The standard InChI is InChI=1S/C30H34ClF3N8/c1-5-24(32)38-18(3)17(2)25(23-15-42(41-40-23)30(9-10-30)28(33)34)39-20-11-21-26(37-16-29(4)7-6-8-29)19(13-35)14-36-27(21)22(31)12-20/h5,11-12,14-15,25,28,39-41H,2,6-10,16H2,1,3-4H3,(H,36,37)/b24-5-,38-18-/t25-/m0/s1. The Balaban J connectivity index is 1.53. The zero-order valence-corrected chi connectivity index (χ0v) is 24.5. The van der Waals surface area contributed by atoms with Crippen LogP contribution in [0.2, 0.25) is 5.02 Å². The molecule has 5 rings (SSSR count). The van der Waals surface area contributed by atoms with Gasteiger partial charge in [-0.05, 0) is 68.7 Å². The van der Waals surface area contributed by atoms with Crippen LogP contribution in [0.1, 0.15) is 58.4 Å². The summed E-state index contributed by atoms with van der Waals surface area (Å²) in [5, 5.41) is 19.1. The van der Waals surface area contributed by atoms with E-state index in [1.807, 2.05) is 6.07 Å². The summed E-state index contributed by atoms with van der Waals surface area (Å²) in [7, 11) is 0. The van der Waals surface area contributed by atoms with Crippen molar-refractivity contribution in [3.63, 3.8) is 0 Å². The summed E-state index contributed by atoms with van der Waals surface area (Å²) in [4.78, 5) is 8.42. The number of hydrogen-bond acceptors (Lipinski definition) is 8. The number of benzene rings is 1. The third-order valence-corrected chi connectivity index (χ3v) is 8.77. The van der Waals surface area contributed by atoms with Crippen molar-refractivity contribution < 1.29 is 13.2 Å². The Morgan fingerprint density at radius 3 is 2.67 bits per heavy atom. The molecule has 0 amide bonds. The predicted molar refractivity (Wildman–Crippen MR) is 161 cm³/mol. The van der Waals surface area contributed by atoms with E-state index in [4.69, 9.17) is 11.6 Å². The highest BCUT2D eigenvalue weighted by molar-refractivity contribution is 6.35. The van der Waals surface area contributed by atoms with Crippen LogP contribution >= 0.6 is 11.6 Å². The minimum absolute atomic E-state index is 0.153. The highest BCUT2D eigenvalue weighted by Gasteiger charge is 2.56. The van der Waals surface area contributed by atoms with Crippen molar-refractivity contribution in [3.05, 3.63) is 65.0 Å². The summed E-state index contributed by atoms with van der Waals surface area (Å²) in [5.74, 6) is -0.671. The monoisotopic (exact) mass is 598 g/mol. The molecule has 4 N–H and O–H groups in total. The molecule has 0 saturated heterocycles. The van der Waals surface area contributed by atoms with Gasteiger partial charge in [0.1, 0.15) is 11.6 Å². The number of rotatable bonds is 11. The molecule has 42 heavy (non-hydrogen) atoms. The van der Waals surface area contributed by atoms with Crippen molar-refractivity contribution in [3.8, 4) is 6.07 Å². The number of nitrogens with one attached hydrogen (secondary N) is 4. The Morgan fingerprint density at radius 2 is 2.07 bits per heavy atom. The Kier molecular flexibility index (Phi) is 8.14. The lowest BCUT2D eigenvalue weighted by molar-refractivity contribution is 0.00912. The number of aliphatic imine (C=N–C) groups is 1. The first-order chi connectivity index (χ1) is 20.0. The van der Waals surface area contributed by atoms with E-state index in [1.165, 1.54) is 30.6 Å². The number of hydrogen-bond donors (Lipinski definition) is 4. The zero-order valence-electron chi connectivity index (χ0n) is 23.8. The molecule has 12 heteroatoms. The van der Waals surface area contributed by atoms with E-state index in [9.17, 15) is 18.4 Å². The quantitative estimate of drug-likeness (QED) is 0.164. The van der Waals surface area contributed by atoms with Crippen LogP contribution in [0.25, 0.3) is 10.9 Å². The minimum Gasteiger partial charge on any atom is -0.383 e. The molecule has 1 aromatic carbocycles. The van der Waals surface area contributed by atoms with Gasteiger partial charge in [-0.1, -0.05) is 31.5 Å². The van der Waals surface area contributed by atoms with Crippen LogP contribution in [-0.4, -0.2) is 40.3 Å².